The Morgan fingerprint density at radius 1 is 1.26 bits per heavy atom. The molecular formula is C18H23N3O4S2. The second kappa shape index (κ2) is 7.44. The molecule has 27 heavy (non-hydrogen) atoms. The molecule has 0 spiro atoms. The van der Waals surface area contributed by atoms with Crippen LogP contribution in [0.5, 0.6) is 0 Å². The molecule has 2 aromatic rings. The highest BCUT2D eigenvalue weighted by molar-refractivity contribution is 8.00. The maximum Gasteiger partial charge on any atom is 0.319 e. The van der Waals surface area contributed by atoms with Crippen LogP contribution in [0.2, 0.25) is 0 Å². The number of piperidine rings is 1. The van der Waals surface area contributed by atoms with Crippen LogP contribution in [0, 0.1) is 0 Å². The fraction of sp³-hybridized carbons (Fsp3) is 0.556. The van der Waals surface area contributed by atoms with Gasteiger partial charge < -0.3 is 9.30 Å². The van der Waals surface area contributed by atoms with Crippen molar-refractivity contribution in [1.29, 1.82) is 0 Å². The second-order valence-corrected chi connectivity index (χ2v) is 9.92. The van der Waals surface area contributed by atoms with E-state index in [4.69, 9.17) is 4.74 Å². The van der Waals surface area contributed by atoms with E-state index in [1.807, 2.05) is 17.6 Å². The largest absolute Gasteiger partial charge is 0.465 e. The van der Waals surface area contributed by atoms with E-state index >= 15 is 0 Å². The molecule has 0 saturated carbocycles. The second-order valence-electron chi connectivity index (χ2n) is 6.82. The van der Waals surface area contributed by atoms with Gasteiger partial charge in [0.2, 0.25) is 10.0 Å². The van der Waals surface area contributed by atoms with Crippen molar-refractivity contribution < 1.29 is 17.9 Å². The maximum atomic E-state index is 12.9. The van der Waals surface area contributed by atoms with Crippen LogP contribution in [0.1, 0.15) is 32.6 Å². The summed E-state index contributed by atoms with van der Waals surface area (Å²) in [4.78, 5) is 16.7. The highest BCUT2D eigenvalue weighted by atomic mass is 32.2. The highest BCUT2D eigenvalue weighted by Gasteiger charge is 2.30. The van der Waals surface area contributed by atoms with Crippen LogP contribution in [0.15, 0.2) is 28.3 Å². The van der Waals surface area contributed by atoms with Crippen molar-refractivity contribution >= 4 is 38.8 Å². The lowest BCUT2D eigenvalue weighted by atomic mass is 10.2. The van der Waals surface area contributed by atoms with Crippen LogP contribution in [-0.2, 0) is 26.1 Å². The number of imidazole rings is 1. The Hall–Kier alpha value is -1.58. The number of nitrogens with zero attached hydrogens (tertiary/aromatic N) is 3. The van der Waals surface area contributed by atoms with E-state index in [0.717, 1.165) is 29.9 Å². The summed E-state index contributed by atoms with van der Waals surface area (Å²) in [7, 11) is -3.49. The summed E-state index contributed by atoms with van der Waals surface area (Å²) in [5.41, 5.74) is 1.52. The summed E-state index contributed by atoms with van der Waals surface area (Å²) in [6, 6.07) is 5.14. The fourth-order valence-electron chi connectivity index (χ4n) is 3.61. The van der Waals surface area contributed by atoms with E-state index in [-0.39, 0.29) is 16.1 Å². The van der Waals surface area contributed by atoms with Crippen LogP contribution in [0.25, 0.3) is 11.0 Å². The zero-order valence-electron chi connectivity index (χ0n) is 15.3. The highest BCUT2D eigenvalue weighted by Crippen LogP contribution is 2.32. The molecule has 0 radical (unpaired) electrons. The van der Waals surface area contributed by atoms with Gasteiger partial charge in [-0.05, 0) is 38.0 Å². The molecule has 2 saturated heterocycles. The van der Waals surface area contributed by atoms with E-state index in [9.17, 15) is 13.2 Å². The standard InChI is InChI=1S/C18H23N3O4S2/c1-2-21-15-7-6-13(27(23,24)20-9-4-3-5-10-20)12-14(15)19-18(21)26-16-8-11-25-17(16)22/h6-7,12,16H,2-5,8-11H2,1H3/t16-/m0/s1. The number of benzene rings is 1. The smallest absolute Gasteiger partial charge is 0.319 e. The Morgan fingerprint density at radius 3 is 2.70 bits per heavy atom. The number of hydrogen-bond acceptors (Lipinski definition) is 6. The molecule has 4 rings (SSSR count). The summed E-state index contributed by atoms with van der Waals surface area (Å²) in [6.45, 7) is 4.31. The first-order chi connectivity index (χ1) is 13.0. The van der Waals surface area contributed by atoms with E-state index in [1.165, 1.54) is 11.8 Å². The van der Waals surface area contributed by atoms with Gasteiger partial charge in [-0.3, -0.25) is 4.79 Å². The normalized spacial score (nSPS) is 21.7. The minimum atomic E-state index is -3.49. The average molecular weight is 410 g/mol. The molecule has 0 unspecified atom stereocenters. The number of ether oxygens (including phenoxy) is 1. The first-order valence-electron chi connectivity index (χ1n) is 9.34. The third kappa shape index (κ3) is 3.48. The minimum absolute atomic E-state index is 0.205. The van der Waals surface area contributed by atoms with E-state index in [1.54, 1.807) is 16.4 Å². The zero-order valence-corrected chi connectivity index (χ0v) is 16.9. The van der Waals surface area contributed by atoms with Gasteiger partial charge >= 0.3 is 5.97 Å². The summed E-state index contributed by atoms with van der Waals surface area (Å²) >= 11 is 1.40. The van der Waals surface area contributed by atoms with Crippen molar-refractivity contribution in [3.8, 4) is 0 Å². The van der Waals surface area contributed by atoms with Crippen LogP contribution in [-0.4, -0.2) is 53.2 Å². The molecule has 9 heteroatoms. The number of carbonyl (C=O) groups is 1. The molecule has 1 aromatic carbocycles. The van der Waals surface area contributed by atoms with Crippen LogP contribution >= 0.6 is 11.8 Å². The van der Waals surface area contributed by atoms with Crippen molar-refractivity contribution in [1.82, 2.24) is 13.9 Å². The lowest BCUT2D eigenvalue weighted by Crippen LogP contribution is -2.35. The van der Waals surface area contributed by atoms with Crippen molar-refractivity contribution in [3.63, 3.8) is 0 Å². The summed E-state index contributed by atoms with van der Waals surface area (Å²) in [6.07, 6.45) is 3.57. The van der Waals surface area contributed by atoms with E-state index in [0.29, 0.717) is 38.2 Å². The molecule has 0 amide bonds. The number of hydrogen-bond donors (Lipinski definition) is 0. The first-order valence-corrected chi connectivity index (χ1v) is 11.7. The number of sulfonamides is 1. The molecule has 2 fully saturated rings. The Bertz CT molecular complexity index is 964. The first kappa shape index (κ1) is 18.8. The summed E-state index contributed by atoms with van der Waals surface area (Å²) in [5, 5.41) is 0.479. The van der Waals surface area contributed by atoms with Gasteiger partial charge in [0.15, 0.2) is 5.16 Å². The van der Waals surface area contributed by atoms with Crippen molar-refractivity contribution in [2.45, 2.75) is 54.5 Å². The lowest BCUT2D eigenvalue weighted by molar-refractivity contribution is -0.137. The van der Waals surface area contributed by atoms with Crippen LogP contribution in [0.4, 0.5) is 0 Å². The van der Waals surface area contributed by atoms with Gasteiger partial charge in [0.25, 0.3) is 0 Å². The number of esters is 1. The van der Waals surface area contributed by atoms with Gasteiger partial charge in [-0.2, -0.15) is 4.31 Å². The van der Waals surface area contributed by atoms with Gasteiger partial charge in [0.05, 0.1) is 22.5 Å². The maximum absolute atomic E-state index is 12.9. The lowest BCUT2D eigenvalue weighted by Gasteiger charge is -2.25. The Morgan fingerprint density at radius 2 is 2.04 bits per heavy atom. The predicted molar refractivity (Wildman–Crippen MR) is 103 cm³/mol. The molecule has 7 nitrogen and oxygen atoms in total. The third-order valence-corrected chi connectivity index (χ3v) is 8.22. The number of cyclic esters (lactones) is 1. The van der Waals surface area contributed by atoms with Gasteiger partial charge in [-0.1, -0.05) is 18.2 Å². The number of fused-ring (bicyclic) bond motifs is 1. The van der Waals surface area contributed by atoms with Gasteiger partial charge in [0.1, 0.15) is 5.25 Å². The monoisotopic (exact) mass is 409 g/mol. The Labute approximate surface area is 163 Å². The quantitative estimate of drug-likeness (QED) is 0.706. The number of rotatable bonds is 5. The number of carbonyl (C=O) groups excluding carboxylic acids is 1. The molecule has 1 atom stereocenters. The van der Waals surface area contributed by atoms with Gasteiger partial charge in [0, 0.05) is 26.1 Å². The molecular weight excluding hydrogens is 386 g/mol. The number of aromatic nitrogens is 2. The fourth-order valence-corrected chi connectivity index (χ4v) is 6.29. The number of aryl methyl sites for hydroxylation is 1. The van der Waals surface area contributed by atoms with E-state index in [2.05, 4.69) is 4.98 Å². The van der Waals surface area contributed by atoms with E-state index < -0.39 is 10.0 Å². The minimum Gasteiger partial charge on any atom is -0.465 e. The molecule has 1 aromatic heterocycles. The topological polar surface area (TPSA) is 81.5 Å². The number of thioether (sulfide) groups is 1. The average Bonchev–Trinajstić information content (AvgIpc) is 3.24. The molecule has 3 heterocycles. The molecule has 2 aliphatic heterocycles. The third-order valence-electron chi connectivity index (χ3n) is 5.09. The molecule has 0 N–H and O–H groups in total. The Kier molecular flexibility index (Phi) is 5.17. The zero-order chi connectivity index (χ0) is 19.0. The summed E-state index contributed by atoms with van der Waals surface area (Å²) in [5.74, 6) is -0.205. The van der Waals surface area contributed by atoms with Gasteiger partial charge in [-0.25, -0.2) is 13.4 Å². The van der Waals surface area contributed by atoms with Crippen molar-refractivity contribution in [2.24, 2.45) is 0 Å². The van der Waals surface area contributed by atoms with Crippen LogP contribution in [0.3, 0.4) is 0 Å². The molecule has 2 aliphatic rings. The van der Waals surface area contributed by atoms with Gasteiger partial charge in [-0.15, -0.1) is 0 Å². The predicted octanol–water partition coefficient (Wildman–Crippen LogP) is 2.64. The van der Waals surface area contributed by atoms with Crippen molar-refractivity contribution in [2.75, 3.05) is 19.7 Å². The molecule has 0 bridgehead atoms. The SMILES string of the molecule is CCn1c(S[C@H]2CCOC2=O)nc2cc(S(=O)(=O)N3CCCCC3)ccc21. The molecule has 0 aliphatic carbocycles. The Balaban J connectivity index is 1.69. The molecule has 146 valence electrons. The van der Waals surface area contributed by atoms with Crippen LogP contribution < -0.4 is 0 Å². The van der Waals surface area contributed by atoms with Crippen molar-refractivity contribution in [3.05, 3.63) is 18.2 Å². The summed E-state index contributed by atoms with van der Waals surface area (Å²) < 4.78 is 34.5.